The summed E-state index contributed by atoms with van der Waals surface area (Å²) in [6.45, 7) is 3.73. The van der Waals surface area contributed by atoms with Crippen molar-refractivity contribution in [2.24, 2.45) is 0 Å². The second kappa shape index (κ2) is 7.43. The van der Waals surface area contributed by atoms with Crippen molar-refractivity contribution in [3.8, 4) is 5.75 Å². The fourth-order valence-corrected chi connectivity index (χ4v) is 2.81. The molecule has 2 N–H and O–H groups in total. The Labute approximate surface area is 125 Å². The molecule has 1 heterocycles. The molecule has 0 spiro atoms. The number of aromatic hydroxyl groups is 1. The summed E-state index contributed by atoms with van der Waals surface area (Å²) in [5, 5.41) is 13.4. The van der Waals surface area contributed by atoms with Gasteiger partial charge in [0, 0.05) is 37.8 Å². The topological polar surface area (TPSA) is 61.8 Å². The number of rotatable bonds is 5. The van der Waals surface area contributed by atoms with Crippen molar-refractivity contribution in [3.05, 3.63) is 29.8 Å². The summed E-state index contributed by atoms with van der Waals surface area (Å²) in [4.78, 5) is 13.6. The van der Waals surface area contributed by atoms with Crippen LogP contribution in [0.1, 0.15) is 31.4 Å². The minimum Gasteiger partial charge on any atom is -0.508 e. The van der Waals surface area contributed by atoms with Crippen LogP contribution in [-0.4, -0.2) is 48.8 Å². The number of benzene rings is 1. The van der Waals surface area contributed by atoms with Gasteiger partial charge in [-0.05, 0) is 25.8 Å². The van der Waals surface area contributed by atoms with Crippen LogP contribution in [0.5, 0.6) is 5.75 Å². The molecule has 0 bridgehead atoms. The summed E-state index contributed by atoms with van der Waals surface area (Å²) in [7, 11) is 1.54. The highest BCUT2D eigenvalue weighted by Crippen LogP contribution is 2.24. The van der Waals surface area contributed by atoms with Gasteiger partial charge < -0.3 is 20.1 Å². The van der Waals surface area contributed by atoms with Crippen molar-refractivity contribution in [2.75, 3.05) is 26.8 Å². The zero-order valence-electron chi connectivity index (χ0n) is 12.7. The number of carbonyl (C=O) groups is 1. The van der Waals surface area contributed by atoms with E-state index in [0.717, 1.165) is 31.5 Å². The van der Waals surface area contributed by atoms with Crippen LogP contribution in [0.15, 0.2) is 24.3 Å². The molecule has 1 aromatic carbocycles. The maximum Gasteiger partial charge on any atom is 0.248 e. The number of likely N-dealkylation sites (tertiary alicyclic amines) is 1. The Kier molecular flexibility index (Phi) is 5.59. The highest BCUT2D eigenvalue weighted by Gasteiger charge is 2.24. The lowest BCUT2D eigenvalue weighted by Crippen LogP contribution is -2.46. The van der Waals surface area contributed by atoms with Gasteiger partial charge in [-0.15, -0.1) is 0 Å². The molecule has 0 radical (unpaired) electrons. The Hall–Kier alpha value is -1.59. The third-order valence-corrected chi connectivity index (χ3v) is 4.00. The van der Waals surface area contributed by atoms with E-state index in [-0.39, 0.29) is 18.6 Å². The molecule has 1 aliphatic rings. The van der Waals surface area contributed by atoms with E-state index in [0.29, 0.717) is 11.8 Å². The van der Waals surface area contributed by atoms with Crippen LogP contribution < -0.4 is 5.32 Å². The summed E-state index contributed by atoms with van der Waals surface area (Å²) in [6.07, 6.45) is 1.85. The van der Waals surface area contributed by atoms with Crippen LogP contribution in [-0.2, 0) is 9.53 Å². The number of nitrogens with one attached hydrogen (secondary N) is 1. The number of hydrogen-bond acceptors (Lipinski definition) is 4. The highest BCUT2D eigenvalue weighted by atomic mass is 16.5. The molecule has 21 heavy (non-hydrogen) atoms. The van der Waals surface area contributed by atoms with E-state index < -0.39 is 0 Å². The van der Waals surface area contributed by atoms with Gasteiger partial charge in [0.25, 0.3) is 0 Å². The molecule has 1 saturated heterocycles. The Bertz CT molecular complexity index is 470. The summed E-state index contributed by atoms with van der Waals surface area (Å²) in [5.41, 5.74) is 0.912. The quantitative estimate of drug-likeness (QED) is 0.867. The Morgan fingerprint density at radius 3 is 2.71 bits per heavy atom. The lowest BCUT2D eigenvalue weighted by atomic mass is 10.0. The van der Waals surface area contributed by atoms with Gasteiger partial charge in [0.1, 0.15) is 12.4 Å². The van der Waals surface area contributed by atoms with Crippen LogP contribution >= 0.6 is 0 Å². The average molecular weight is 292 g/mol. The second-order valence-corrected chi connectivity index (χ2v) is 5.54. The van der Waals surface area contributed by atoms with Crippen LogP contribution in [0.25, 0.3) is 0 Å². The summed E-state index contributed by atoms with van der Waals surface area (Å²) < 4.78 is 4.88. The number of methoxy groups -OCH3 is 1. The first-order chi connectivity index (χ1) is 10.1. The zero-order chi connectivity index (χ0) is 15.2. The number of phenols is 1. The number of piperidine rings is 1. The third kappa shape index (κ3) is 4.19. The normalized spacial score (nSPS) is 17.7. The highest BCUT2D eigenvalue weighted by molar-refractivity contribution is 5.77. The molecule has 116 valence electrons. The molecule has 1 amide bonds. The van der Waals surface area contributed by atoms with E-state index in [1.807, 2.05) is 23.1 Å². The fraction of sp³-hybridized carbons (Fsp3) is 0.562. The molecule has 1 fully saturated rings. The van der Waals surface area contributed by atoms with Gasteiger partial charge in [0.05, 0.1) is 0 Å². The number of carbonyl (C=O) groups excluding carboxylic acids is 1. The molecular formula is C16H24N2O3. The first-order valence-corrected chi connectivity index (χ1v) is 7.42. The second-order valence-electron chi connectivity index (χ2n) is 5.54. The van der Waals surface area contributed by atoms with E-state index in [9.17, 15) is 9.90 Å². The Morgan fingerprint density at radius 2 is 2.10 bits per heavy atom. The van der Waals surface area contributed by atoms with Crippen molar-refractivity contribution in [1.29, 1.82) is 0 Å². The van der Waals surface area contributed by atoms with Crippen LogP contribution in [0.3, 0.4) is 0 Å². The number of amides is 1. The average Bonchev–Trinajstić information content (AvgIpc) is 2.48. The van der Waals surface area contributed by atoms with Crippen molar-refractivity contribution in [3.63, 3.8) is 0 Å². The van der Waals surface area contributed by atoms with Gasteiger partial charge in [0.2, 0.25) is 5.91 Å². The van der Waals surface area contributed by atoms with Crippen LogP contribution in [0.2, 0.25) is 0 Å². The van der Waals surface area contributed by atoms with Crippen molar-refractivity contribution >= 4 is 5.91 Å². The lowest BCUT2D eigenvalue weighted by Gasteiger charge is -2.34. The maximum atomic E-state index is 11.7. The number of ether oxygens (including phenoxy) is 1. The summed E-state index contributed by atoms with van der Waals surface area (Å²) >= 11 is 0. The van der Waals surface area contributed by atoms with Gasteiger partial charge in [-0.25, -0.2) is 0 Å². The SMILES string of the molecule is COCC(=O)N1CCC(NC(C)c2ccccc2O)CC1. The van der Waals surface area contributed by atoms with Crippen molar-refractivity contribution < 1.29 is 14.6 Å². The van der Waals surface area contributed by atoms with Crippen LogP contribution in [0, 0.1) is 0 Å². The van der Waals surface area contributed by atoms with Gasteiger partial charge in [-0.2, -0.15) is 0 Å². The smallest absolute Gasteiger partial charge is 0.248 e. The number of hydrogen-bond donors (Lipinski definition) is 2. The largest absolute Gasteiger partial charge is 0.508 e. The predicted molar refractivity (Wildman–Crippen MR) is 81.1 cm³/mol. The summed E-state index contributed by atoms with van der Waals surface area (Å²) in [6, 6.07) is 7.86. The van der Waals surface area contributed by atoms with Crippen molar-refractivity contribution in [1.82, 2.24) is 10.2 Å². The molecule has 0 aliphatic carbocycles. The van der Waals surface area contributed by atoms with Crippen LogP contribution in [0.4, 0.5) is 0 Å². The summed E-state index contributed by atoms with van der Waals surface area (Å²) in [5.74, 6) is 0.384. The van der Waals surface area contributed by atoms with E-state index >= 15 is 0 Å². The van der Waals surface area contributed by atoms with Crippen molar-refractivity contribution in [2.45, 2.75) is 31.8 Å². The molecule has 2 rings (SSSR count). The minimum atomic E-state index is 0.0599. The monoisotopic (exact) mass is 292 g/mol. The Balaban J connectivity index is 1.83. The van der Waals surface area contributed by atoms with Gasteiger partial charge >= 0.3 is 0 Å². The molecule has 1 aromatic rings. The lowest BCUT2D eigenvalue weighted by molar-refractivity contribution is -0.136. The molecule has 1 unspecified atom stereocenters. The van der Waals surface area contributed by atoms with Gasteiger partial charge in [-0.3, -0.25) is 4.79 Å². The van der Waals surface area contributed by atoms with E-state index in [1.165, 1.54) is 0 Å². The number of phenolic OH excluding ortho intramolecular Hbond substituents is 1. The first-order valence-electron chi connectivity index (χ1n) is 7.42. The molecule has 5 nitrogen and oxygen atoms in total. The molecule has 5 heteroatoms. The number of para-hydroxylation sites is 1. The van der Waals surface area contributed by atoms with E-state index in [4.69, 9.17) is 4.74 Å². The van der Waals surface area contributed by atoms with Gasteiger partial charge in [0.15, 0.2) is 0 Å². The molecule has 1 aliphatic heterocycles. The minimum absolute atomic E-state index is 0.0599. The molecule has 1 atom stereocenters. The van der Waals surface area contributed by atoms with Gasteiger partial charge in [-0.1, -0.05) is 18.2 Å². The maximum absolute atomic E-state index is 11.7. The molecule has 0 saturated carbocycles. The zero-order valence-corrected chi connectivity index (χ0v) is 12.7. The number of nitrogens with zero attached hydrogens (tertiary/aromatic N) is 1. The third-order valence-electron chi connectivity index (χ3n) is 4.00. The fourth-order valence-electron chi connectivity index (χ4n) is 2.81. The van der Waals surface area contributed by atoms with E-state index in [2.05, 4.69) is 12.2 Å². The first kappa shape index (κ1) is 15.8. The standard InChI is InChI=1S/C16H24N2O3/c1-12(14-5-3-4-6-15(14)19)17-13-7-9-18(10-8-13)16(20)11-21-2/h3-6,12-13,17,19H,7-11H2,1-2H3. The molecular weight excluding hydrogens is 268 g/mol. The Morgan fingerprint density at radius 1 is 1.43 bits per heavy atom. The predicted octanol–water partition coefficient (Wildman–Crippen LogP) is 1.68. The molecule has 0 aromatic heterocycles. The van der Waals surface area contributed by atoms with E-state index in [1.54, 1.807) is 13.2 Å².